The number of ketones is 1. The number of carbonyl (C=O) groups excluding carboxylic acids is 1. The first-order valence-corrected chi connectivity index (χ1v) is 9.91. The highest BCUT2D eigenvalue weighted by Crippen LogP contribution is 2.46. The Hall–Kier alpha value is -1.84. The van der Waals surface area contributed by atoms with Crippen molar-refractivity contribution in [3.05, 3.63) is 63.1 Å². The third-order valence-corrected chi connectivity index (χ3v) is 6.26. The number of Topliss-reactive ketones (excluding diaryl/α,β-unsaturated/α-hetero) is 1. The van der Waals surface area contributed by atoms with Crippen molar-refractivity contribution in [2.24, 2.45) is 11.8 Å². The summed E-state index contributed by atoms with van der Waals surface area (Å²) in [6.45, 7) is 1.99. The van der Waals surface area contributed by atoms with Crippen LogP contribution in [0.4, 0.5) is 4.39 Å². The van der Waals surface area contributed by atoms with E-state index in [2.05, 4.69) is 0 Å². The number of aliphatic hydroxyl groups excluding tert-OH is 1. The fourth-order valence-electron chi connectivity index (χ4n) is 4.36. The van der Waals surface area contributed by atoms with Gasteiger partial charge < -0.3 is 5.11 Å². The maximum atomic E-state index is 14.5. The van der Waals surface area contributed by atoms with Gasteiger partial charge in [-0.05, 0) is 60.6 Å². The molecule has 0 spiro atoms. The van der Waals surface area contributed by atoms with Crippen molar-refractivity contribution in [3.8, 4) is 11.1 Å². The molecule has 0 radical (unpaired) electrons. The molecule has 0 unspecified atom stereocenters. The van der Waals surface area contributed by atoms with Crippen LogP contribution in [0.5, 0.6) is 0 Å². The summed E-state index contributed by atoms with van der Waals surface area (Å²) in [5.74, 6) is -0.313. The van der Waals surface area contributed by atoms with E-state index in [4.69, 9.17) is 23.2 Å². The van der Waals surface area contributed by atoms with E-state index in [1.165, 1.54) is 12.1 Å². The lowest BCUT2D eigenvalue weighted by molar-refractivity contribution is -0.117. The third kappa shape index (κ3) is 3.07. The van der Waals surface area contributed by atoms with Crippen LogP contribution in [0.15, 0.2) is 36.1 Å². The fraction of sp³-hybridized carbons (Fsp3) is 0.318. The van der Waals surface area contributed by atoms with E-state index in [9.17, 15) is 14.3 Å². The van der Waals surface area contributed by atoms with E-state index in [0.717, 1.165) is 24.8 Å². The first-order chi connectivity index (χ1) is 12.9. The molecule has 1 N–H and O–H groups in total. The van der Waals surface area contributed by atoms with Crippen LogP contribution in [-0.2, 0) is 11.2 Å². The molecule has 27 heavy (non-hydrogen) atoms. The highest BCUT2D eigenvalue weighted by atomic mass is 35.5. The predicted octanol–water partition coefficient (Wildman–Crippen LogP) is 6.63. The summed E-state index contributed by atoms with van der Waals surface area (Å²) in [5.41, 5.74) is 2.83. The van der Waals surface area contributed by atoms with Gasteiger partial charge in [0, 0.05) is 22.4 Å². The summed E-state index contributed by atoms with van der Waals surface area (Å²) in [6, 6.07) is 8.15. The molecule has 0 amide bonds. The molecule has 140 valence electrons. The van der Waals surface area contributed by atoms with Crippen LogP contribution < -0.4 is 0 Å². The molecular formula is C22H19Cl2FO2. The normalized spacial score (nSPS) is 21.9. The van der Waals surface area contributed by atoms with E-state index in [-0.39, 0.29) is 39.0 Å². The minimum absolute atomic E-state index is 0.00391. The molecule has 2 bridgehead atoms. The zero-order valence-corrected chi connectivity index (χ0v) is 16.4. The van der Waals surface area contributed by atoms with Crippen LogP contribution >= 0.6 is 23.2 Å². The number of allylic oxidation sites excluding steroid dienone is 2. The highest BCUT2D eigenvalue weighted by molar-refractivity contribution is 6.36. The monoisotopic (exact) mass is 404 g/mol. The van der Waals surface area contributed by atoms with Gasteiger partial charge in [0.2, 0.25) is 0 Å². The molecule has 1 fully saturated rings. The molecule has 2 aromatic rings. The Bertz CT molecular complexity index is 957. The average Bonchev–Trinajstić information content (AvgIpc) is 3.07. The van der Waals surface area contributed by atoms with Crippen LogP contribution in [-0.4, -0.2) is 10.9 Å². The Morgan fingerprint density at radius 2 is 1.89 bits per heavy atom. The lowest BCUT2D eigenvalue weighted by Crippen LogP contribution is -2.22. The number of hydrogen-bond acceptors (Lipinski definition) is 2. The summed E-state index contributed by atoms with van der Waals surface area (Å²) in [5, 5.41) is 11.2. The van der Waals surface area contributed by atoms with Crippen LogP contribution in [0, 0.1) is 17.7 Å². The van der Waals surface area contributed by atoms with Crippen molar-refractivity contribution in [3.63, 3.8) is 0 Å². The number of aliphatic hydroxyl groups is 1. The number of fused-ring (bicyclic) bond motifs is 2. The minimum atomic E-state index is -0.518. The van der Waals surface area contributed by atoms with Crippen molar-refractivity contribution >= 4 is 34.6 Å². The Labute approximate surface area is 167 Å². The maximum absolute atomic E-state index is 14.5. The Kier molecular flexibility index (Phi) is 4.77. The van der Waals surface area contributed by atoms with Crippen molar-refractivity contribution in [2.45, 2.75) is 32.6 Å². The lowest BCUT2D eigenvalue weighted by Gasteiger charge is -2.24. The van der Waals surface area contributed by atoms with Gasteiger partial charge in [-0.3, -0.25) is 4.79 Å². The summed E-state index contributed by atoms with van der Waals surface area (Å²) < 4.78 is 14.5. The van der Waals surface area contributed by atoms with Crippen LogP contribution in [0.1, 0.15) is 37.3 Å². The van der Waals surface area contributed by atoms with E-state index in [0.29, 0.717) is 23.1 Å². The quantitative estimate of drug-likeness (QED) is 0.622. The van der Waals surface area contributed by atoms with Crippen LogP contribution in [0.2, 0.25) is 10.0 Å². The first-order valence-electron chi connectivity index (χ1n) is 9.16. The zero-order valence-electron chi connectivity index (χ0n) is 14.9. The molecular weight excluding hydrogens is 386 g/mol. The summed E-state index contributed by atoms with van der Waals surface area (Å²) in [6.07, 6.45) is 3.08. The molecule has 5 heteroatoms. The smallest absolute Gasteiger partial charge is 0.169 e. The van der Waals surface area contributed by atoms with Gasteiger partial charge in [-0.2, -0.15) is 0 Å². The van der Waals surface area contributed by atoms with Crippen LogP contribution in [0.3, 0.4) is 0 Å². The Morgan fingerprint density at radius 1 is 1.15 bits per heavy atom. The number of aryl methyl sites for hydroxylation is 1. The molecule has 2 aliphatic carbocycles. The van der Waals surface area contributed by atoms with E-state index >= 15 is 0 Å². The molecule has 0 saturated heterocycles. The maximum Gasteiger partial charge on any atom is 0.169 e. The molecule has 0 aromatic heterocycles. The third-order valence-electron chi connectivity index (χ3n) is 5.75. The number of rotatable bonds is 3. The van der Waals surface area contributed by atoms with Crippen LogP contribution in [0.25, 0.3) is 16.7 Å². The number of halogens is 3. The number of benzene rings is 2. The second-order valence-corrected chi connectivity index (χ2v) is 8.14. The zero-order chi connectivity index (χ0) is 19.3. The number of carbonyl (C=O) groups is 1. The average molecular weight is 405 g/mol. The second-order valence-electron chi connectivity index (χ2n) is 7.30. The van der Waals surface area contributed by atoms with E-state index in [1.807, 2.05) is 13.0 Å². The van der Waals surface area contributed by atoms with Gasteiger partial charge in [-0.15, -0.1) is 0 Å². The van der Waals surface area contributed by atoms with E-state index < -0.39 is 5.82 Å². The van der Waals surface area contributed by atoms with Gasteiger partial charge >= 0.3 is 0 Å². The Morgan fingerprint density at radius 3 is 2.59 bits per heavy atom. The second kappa shape index (κ2) is 6.96. The SMILES string of the molecule is CCc1ccc(-c2c(F)cc(Cl)cc2Cl)cc1C1=C(O)[C@H]2CC[C@H](C2)C1=O. The van der Waals surface area contributed by atoms with Crippen molar-refractivity contribution in [1.29, 1.82) is 0 Å². The predicted molar refractivity (Wildman–Crippen MR) is 107 cm³/mol. The van der Waals surface area contributed by atoms with Crippen molar-refractivity contribution in [1.82, 2.24) is 0 Å². The standard InChI is InChI=1S/C22H19Cl2FO2/c1-2-11-3-4-12(19-17(24)9-15(23)10-18(19)25)8-16(11)20-21(26)13-5-6-14(7-13)22(20)27/h3-4,8-10,13-14,26H,2,5-7H2,1H3/t13-,14+/m0/s1. The largest absolute Gasteiger partial charge is 0.511 e. The number of hydrogen-bond donors (Lipinski definition) is 1. The fourth-order valence-corrected chi connectivity index (χ4v) is 4.94. The molecule has 0 aliphatic heterocycles. The first kappa shape index (κ1) is 18.5. The van der Waals surface area contributed by atoms with Gasteiger partial charge in [0.1, 0.15) is 11.6 Å². The lowest BCUT2D eigenvalue weighted by atomic mass is 9.81. The van der Waals surface area contributed by atoms with Gasteiger partial charge in [0.15, 0.2) is 5.78 Å². The molecule has 2 aromatic carbocycles. The van der Waals surface area contributed by atoms with Gasteiger partial charge in [0.25, 0.3) is 0 Å². The summed E-state index contributed by atoms with van der Waals surface area (Å²) in [4.78, 5) is 13.0. The molecule has 2 atom stereocenters. The van der Waals surface area contributed by atoms with Gasteiger partial charge in [-0.1, -0.05) is 42.3 Å². The molecule has 2 aliphatic rings. The van der Waals surface area contributed by atoms with Crippen molar-refractivity contribution in [2.75, 3.05) is 0 Å². The van der Waals surface area contributed by atoms with Crippen molar-refractivity contribution < 1.29 is 14.3 Å². The minimum Gasteiger partial charge on any atom is -0.511 e. The molecule has 4 rings (SSSR count). The molecule has 1 saturated carbocycles. The summed E-state index contributed by atoms with van der Waals surface area (Å²) >= 11 is 12.1. The molecule has 0 heterocycles. The molecule has 2 nitrogen and oxygen atoms in total. The van der Waals surface area contributed by atoms with Gasteiger partial charge in [0.05, 0.1) is 10.6 Å². The highest BCUT2D eigenvalue weighted by Gasteiger charge is 2.41. The topological polar surface area (TPSA) is 37.3 Å². The summed E-state index contributed by atoms with van der Waals surface area (Å²) in [7, 11) is 0. The van der Waals surface area contributed by atoms with E-state index in [1.54, 1.807) is 12.1 Å². The van der Waals surface area contributed by atoms with Gasteiger partial charge in [-0.25, -0.2) is 4.39 Å². The Balaban J connectivity index is 1.91.